The molecule has 0 unspecified atom stereocenters. The molecule has 0 aromatic heterocycles. The van der Waals surface area contributed by atoms with Gasteiger partial charge in [-0.25, -0.2) is 14.1 Å². The Kier molecular flexibility index (Phi) is 5.82. The van der Waals surface area contributed by atoms with Crippen LogP contribution in [0, 0.1) is 0 Å². The van der Waals surface area contributed by atoms with Gasteiger partial charge >= 0.3 is 7.67 Å². The van der Waals surface area contributed by atoms with Gasteiger partial charge in [0.05, 0.1) is 6.61 Å². The number of hydrogen-bond donors (Lipinski definition) is 1. The Morgan fingerprint density at radius 3 is 2.47 bits per heavy atom. The monoisotopic (exact) mass is 278 g/mol. The lowest BCUT2D eigenvalue weighted by molar-refractivity contribution is 0.151. The Balaban J connectivity index is 2.60. The van der Waals surface area contributed by atoms with Gasteiger partial charge in [-0.2, -0.15) is 0 Å². The predicted octanol–water partition coefficient (Wildman–Crippen LogP) is 1.83. The van der Waals surface area contributed by atoms with Gasteiger partial charge in [0.2, 0.25) is 0 Å². The van der Waals surface area contributed by atoms with Crippen LogP contribution in [0.5, 0.6) is 0 Å². The summed E-state index contributed by atoms with van der Waals surface area (Å²) >= 11 is 11.2. The van der Waals surface area contributed by atoms with Crippen LogP contribution >= 0.6 is 30.9 Å². The van der Waals surface area contributed by atoms with Gasteiger partial charge in [-0.1, -0.05) is 0 Å². The smallest absolute Gasteiger partial charge is 0.303 e. The molecule has 0 bridgehead atoms. The van der Waals surface area contributed by atoms with E-state index in [1.165, 1.54) is 0 Å². The SMILES string of the molecule is O=[P@@]1(N(CCCl)CCCl)NC[C@H](F)CO1. The number of nitrogens with zero attached hydrogens (tertiary/aromatic N) is 1. The molecule has 0 spiro atoms. The molecule has 15 heavy (non-hydrogen) atoms. The van der Waals surface area contributed by atoms with Crippen molar-refractivity contribution in [3.05, 3.63) is 0 Å². The zero-order valence-electron chi connectivity index (χ0n) is 8.16. The van der Waals surface area contributed by atoms with Crippen LogP contribution in [0.4, 0.5) is 4.39 Å². The van der Waals surface area contributed by atoms with E-state index in [0.717, 1.165) is 0 Å². The number of rotatable bonds is 5. The lowest BCUT2D eigenvalue weighted by atomic mass is 10.4. The summed E-state index contributed by atoms with van der Waals surface area (Å²) in [6.07, 6.45) is -1.11. The van der Waals surface area contributed by atoms with Crippen LogP contribution in [0.1, 0.15) is 0 Å². The van der Waals surface area contributed by atoms with Crippen molar-refractivity contribution in [2.24, 2.45) is 0 Å². The Morgan fingerprint density at radius 2 is 2.07 bits per heavy atom. The molecule has 2 atom stereocenters. The molecule has 1 rings (SSSR count). The van der Waals surface area contributed by atoms with Gasteiger partial charge in [-0.15, -0.1) is 23.2 Å². The van der Waals surface area contributed by atoms with Crippen LogP contribution in [0.15, 0.2) is 0 Å². The summed E-state index contributed by atoms with van der Waals surface area (Å²) in [4.78, 5) is 0. The molecule has 8 heteroatoms. The summed E-state index contributed by atoms with van der Waals surface area (Å²) in [6, 6.07) is 0. The molecule has 0 aromatic carbocycles. The highest BCUT2D eigenvalue weighted by Gasteiger charge is 2.36. The van der Waals surface area contributed by atoms with Crippen molar-refractivity contribution in [2.75, 3.05) is 38.0 Å². The van der Waals surface area contributed by atoms with Gasteiger partial charge in [-0.05, 0) is 0 Å². The summed E-state index contributed by atoms with van der Waals surface area (Å²) in [5.74, 6) is 0.649. The van der Waals surface area contributed by atoms with Crippen LogP contribution in [0.2, 0.25) is 0 Å². The van der Waals surface area contributed by atoms with Gasteiger partial charge in [-0.3, -0.25) is 4.57 Å². The minimum Gasteiger partial charge on any atom is -0.303 e. The summed E-state index contributed by atoms with van der Waals surface area (Å²) in [5.41, 5.74) is 0. The van der Waals surface area contributed by atoms with Crippen LogP contribution in [-0.4, -0.2) is 48.8 Å². The Hall–Kier alpha value is 0.620. The van der Waals surface area contributed by atoms with Crippen molar-refractivity contribution in [2.45, 2.75) is 6.17 Å². The molecule has 1 saturated heterocycles. The first-order chi connectivity index (χ1) is 7.12. The summed E-state index contributed by atoms with van der Waals surface area (Å²) in [5, 5.41) is 2.58. The molecule has 0 amide bonds. The Bertz CT molecular complexity index is 229. The van der Waals surface area contributed by atoms with E-state index in [0.29, 0.717) is 24.8 Å². The van der Waals surface area contributed by atoms with Crippen LogP contribution < -0.4 is 5.09 Å². The fourth-order valence-corrected chi connectivity index (χ4v) is 3.87. The molecule has 0 aromatic rings. The van der Waals surface area contributed by atoms with Gasteiger partial charge in [0.15, 0.2) is 0 Å². The molecular weight excluding hydrogens is 265 g/mol. The maximum absolute atomic E-state index is 12.8. The van der Waals surface area contributed by atoms with E-state index >= 15 is 0 Å². The molecule has 0 radical (unpaired) electrons. The number of alkyl halides is 3. The molecule has 1 N–H and O–H groups in total. The fraction of sp³-hybridized carbons (Fsp3) is 1.00. The van der Waals surface area contributed by atoms with Crippen molar-refractivity contribution in [1.29, 1.82) is 0 Å². The fourth-order valence-electron chi connectivity index (χ4n) is 1.25. The lowest BCUT2D eigenvalue weighted by Crippen LogP contribution is -2.40. The first-order valence-corrected chi connectivity index (χ1v) is 7.28. The molecule has 1 aliphatic heterocycles. The van der Waals surface area contributed by atoms with E-state index in [1.807, 2.05) is 0 Å². The zero-order chi connectivity index (χ0) is 11.3. The summed E-state index contributed by atoms with van der Waals surface area (Å²) < 4.78 is 31.5. The largest absolute Gasteiger partial charge is 0.343 e. The Morgan fingerprint density at radius 1 is 1.47 bits per heavy atom. The van der Waals surface area contributed by atoms with E-state index in [-0.39, 0.29) is 13.2 Å². The second-order valence-corrected chi connectivity index (χ2v) is 6.04. The third kappa shape index (κ3) is 3.84. The maximum Gasteiger partial charge on any atom is 0.343 e. The van der Waals surface area contributed by atoms with Gasteiger partial charge in [0.1, 0.15) is 6.17 Å². The molecule has 1 fully saturated rings. The quantitative estimate of drug-likeness (QED) is 0.616. The standard InChI is InChI=1S/C7H14Cl2FN2O2P/c8-1-3-12(4-2-9)15(13)11-5-7(10)6-14-15/h7H,1-6H2,(H,11,13)/t7-,15-/m0/s1. The average Bonchev–Trinajstić information content (AvgIpc) is 2.23. The predicted molar refractivity (Wildman–Crippen MR) is 59.5 cm³/mol. The Labute approximate surface area is 98.6 Å². The van der Waals surface area contributed by atoms with Gasteiger partial charge in [0.25, 0.3) is 0 Å². The normalized spacial score (nSPS) is 32.1. The molecule has 90 valence electrons. The third-order valence-corrected chi connectivity index (χ3v) is 4.56. The number of hydrogen-bond acceptors (Lipinski definition) is 2. The second kappa shape index (κ2) is 6.38. The van der Waals surface area contributed by atoms with Crippen LogP contribution in [-0.2, 0) is 9.09 Å². The molecule has 4 nitrogen and oxygen atoms in total. The first kappa shape index (κ1) is 13.7. The van der Waals surface area contributed by atoms with Gasteiger partial charge < -0.3 is 4.52 Å². The molecule has 1 heterocycles. The topological polar surface area (TPSA) is 41.6 Å². The van der Waals surface area contributed by atoms with Crippen molar-refractivity contribution >= 4 is 30.9 Å². The summed E-state index contributed by atoms with van der Waals surface area (Å²) in [7, 11) is -3.12. The highest BCUT2D eigenvalue weighted by atomic mass is 35.5. The number of halogens is 3. The molecule has 1 aliphatic rings. The third-order valence-electron chi connectivity index (χ3n) is 2.00. The molecular formula is C7H14Cl2FN2O2P. The van der Waals surface area contributed by atoms with Crippen molar-refractivity contribution in [3.63, 3.8) is 0 Å². The number of nitrogens with one attached hydrogen (secondary N) is 1. The first-order valence-electron chi connectivity index (χ1n) is 4.63. The van der Waals surface area contributed by atoms with Crippen molar-refractivity contribution < 1.29 is 13.5 Å². The van der Waals surface area contributed by atoms with Crippen molar-refractivity contribution in [1.82, 2.24) is 9.76 Å². The lowest BCUT2D eigenvalue weighted by Gasteiger charge is -2.34. The highest BCUT2D eigenvalue weighted by molar-refractivity contribution is 7.54. The molecule has 0 saturated carbocycles. The zero-order valence-corrected chi connectivity index (χ0v) is 10.6. The van der Waals surface area contributed by atoms with Gasteiger partial charge in [0, 0.05) is 31.4 Å². The van der Waals surface area contributed by atoms with Crippen LogP contribution in [0.3, 0.4) is 0 Å². The second-order valence-electron chi connectivity index (χ2n) is 3.11. The molecule has 0 aliphatic carbocycles. The van der Waals surface area contributed by atoms with Crippen molar-refractivity contribution in [3.8, 4) is 0 Å². The summed E-state index contributed by atoms with van der Waals surface area (Å²) in [6.45, 7) is 0.689. The average molecular weight is 279 g/mol. The van der Waals surface area contributed by atoms with Crippen LogP contribution in [0.25, 0.3) is 0 Å². The van der Waals surface area contributed by atoms with E-state index in [9.17, 15) is 8.96 Å². The highest BCUT2D eigenvalue weighted by Crippen LogP contribution is 2.48. The van der Waals surface area contributed by atoms with E-state index in [2.05, 4.69) is 5.09 Å². The minimum absolute atomic E-state index is 0.0400. The minimum atomic E-state index is -3.12. The van der Waals surface area contributed by atoms with E-state index in [4.69, 9.17) is 27.7 Å². The van der Waals surface area contributed by atoms with E-state index < -0.39 is 13.8 Å². The maximum atomic E-state index is 12.8. The van der Waals surface area contributed by atoms with E-state index in [1.54, 1.807) is 4.67 Å².